The summed E-state index contributed by atoms with van der Waals surface area (Å²) in [4.78, 5) is 22.8. The van der Waals surface area contributed by atoms with Gasteiger partial charge in [0.2, 0.25) is 0 Å². The Morgan fingerprint density at radius 1 is 1.22 bits per heavy atom. The summed E-state index contributed by atoms with van der Waals surface area (Å²) in [6.07, 6.45) is 0. The Bertz CT molecular complexity index is 430. The minimum atomic E-state index is -0.623. The van der Waals surface area contributed by atoms with Crippen molar-refractivity contribution in [3.63, 3.8) is 0 Å². The normalized spacial score (nSPS) is 10.2. The smallest absolute Gasteiger partial charge is 0.309 e. The number of carbonyl (C=O) groups is 2. The fraction of sp³-hybridized carbons (Fsp3) is 0.385. The fourth-order valence-corrected chi connectivity index (χ4v) is 1.46. The summed E-state index contributed by atoms with van der Waals surface area (Å²) in [7, 11) is 0. The summed E-state index contributed by atoms with van der Waals surface area (Å²) in [5.41, 5.74) is 7.44. The summed E-state index contributed by atoms with van der Waals surface area (Å²) in [6, 6.07) is 7.51. The highest BCUT2D eigenvalue weighted by Gasteiger charge is 2.13. The van der Waals surface area contributed by atoms with Crippen LogP contribution in [0.1, 0.15) is 25.0 Å². The number of rotatable bonds is 4. The number of hydrogen-bond donors (Lipinski definition) is 3. The van der Waals surface area contributed by atoms with E-state index in [0.717, 1.165) is 11.1 Å². The predicted octanol–water partition coefficient (Wildman–Crippen LogP) is 0.286. The second kappa shape index (κ2) is 6.76. The van der Waals surface area contributed by atoms with Crippen molar-refractivity contribution >= 4 is 11.8 Å². The molecule has 1 aromatic carbocycles. The van der Waals surface area contributed by atoms with Crippen molar-refractivity contribution in [2.24, 2.45) is 5.73 Å². The van der Waals surface area contributed by atoms with E-state index in [1.165, 1.54) is 0 Å². The van der Waals surface area contributed by atoms with Gasteiger partial charge in [-0.05, 0) is 25.0 Å². The molecule has 0 aliphatic carbocycles. The molecule has 0 aliphatic rings. The van der Waals surface area contributed by atoms with Gasteiger partial charge < -0.3 is 16.4 Å². The van der Waals surface area contributed by atoms with Crippen molar-refractivity contribution < 1.29 is 9.59 Å². The van der Waals surface area contributed by atoms with E-state index in [1.54, 1.807) is 13.8 Å². The molecule has 5 nitrogen and oxygen atoms in total. The number of carbonyl (C=O) groups excluding carboxylic acids is 2. The van der Waals surface area contributed by atoms with Crippen LogP contribution >= 0.6 is 0 Å². The quantitative estimate of drug-likeness (QED) is 0.670. The first kappa shape index (κ1) is 14.2. The van der Waals surface area contributed by atoms with Gasteiger partial charge in [0.1, 0.15) is 0 Å². The summed E-state index contributed by atoms with van der Waals surface area (Å²) < 4.78 is 0. The number of nitrogens with two attached hydrogens (primary N) is 1. The van der Waals surface area contributed by atoms with E-state index < -0.39 is 11.8 Å². The van der Waals surface area contributed by atoms with Gasteiger partial charge >= 0.3 is 11.8 Å². The van der Waals surface area contributed by atoms with Crippen molar-refractivity contribution in [3.05, 3.63) is 35.4 Å². The zero-order valence-electron chi connectivity index (χ0n) is 10.7. The molecule has 0 spiro atoms. The highest BCUT2D eigenvalue weighted by atomic mass is 16.2. The summed E-state index contributed by atoms with van der Waals surface area (Å²) in [5, 5.41) is 5.09. The van der Waals surface area contributed by atoms with Crippen molar-refractivity contribution in [1.82, 2.24) is 10.6 Å². The Kier molecular flexibility index (Phi) is 5.32. The van der Waals surface area contributed by atoms with Crippen molar-refractivity contribution in [2.75, 3.05) is 0 Å². The van der Waals surface area contributed by atoms with E-state index in [1.807, 2.05) is 24.3 Å². The first-order valence-corrected chi connectivity index (χ1v) is 5.89. The molecule has 0 saturated heterocycles. The van der Waals surface area contributed by atoms with E-state index in [-0.39, 0.29) is 6.04 Å². The summed E-state index contributed by atoms with van der Waals surface area (Å²) >= 11 is 0. The van der Waals surface area contributed by atoms with Crippen LogP contribution in [0.2, 0.25) is 0 Å². The number of hydrogen-bond acceptors (Lipinski definition) is 3. The van der Waals surface area contributed by atoms with Gasteiger partial charge in [-0.25, -0.2) is 0 Å². The highest BCUT2D eigenvalue weighted by Crippen LogP contribution is 2.03. The molecule has 98 valence electrons. The van der Waals surface area contributed by atoms with E-state index in [2.05, 4.69) is 10.6 Å². The molecule has 0 atom stereocenters. The predicted molar refractivity (Wildman–Crippen MR) is 69.5 cm³/mol. The standard InChI is InChI=1S/C13H19N3O2/c1-9(2)16-13(18)12(17)15-8-11-5-3-4-10(6-11)7-14/h3-6,9H,7-8,14H2,1-2H3,(H,15,17)(H,16,18). The van der Waals surface area contributed by atoms with Crippen LogP contribution in [0.4, 0.5) is 0 Å². The van der Waals surface area contributed by atoms with Gasteiger partial charge in [0.25, 0.3) is 0 Å². The first-order chi connectivity index (χ1) is 8.52. The Labute approximate surface area is 107 Å². The van der Waals surface area contributed by atoms with Crippen LogP contribution < -0.4 is 16.4 Å². The zero-order chi connectivity index (χ0) is 13.5. The molecule has 0 fully saturated rings. The molecule has 0 aromatic heterocycles. The molecular weight excluding hydrogens is 230 g/mol. The van der Waals surface area contributed by atoms with Gasteiger partial charge in [-0.1, -0.05) is 24.3 Å². The van der Waals surface area contributed by atoms with Gasteiger partial charge in [-0.3, -0.25) is 9.59 Å². The van der Waals surface area contributed by atoms with Gasteiger partial charge in [-0.2, -0.15) is 0 Å². The molecule has 2 amide bonds. The molecule has 0 radical (unpaired) electrons. The molecule has 18 heavy (non-hydrogen) atoms. The molecule has 0 heterocycles. The Morgan fingerprint density at radius 3 is 2.50 bits per heavy atom. The molecular formula is C13H19N3O2. The van der Waals surface area contributed by atoms with Crippen molar-refractivity contribution in [3.8, 4) is 0 Å². The SMILES string of the molecule is CC(C)NC(=O)C(=O)NCc1cccc(CN)c1. The number of amides is 2. The van der Waals surface area contributed by atoms with Crippen LogP contribution in [0.15, 0.2) is 24.3 Å². The van der Waals surface area contributed by atoms with Gasteiger partial charge in [0.15, 0.2) is 0 Å². The van der Waals surface area contributed by atoms with Crippen molar-refractivity contribution in [1.29, 1.82) is 0 Å². The second-order valence-electron chi connectivity index (χ2n) is 4.33. The van der Waals surface area contributed by atoms with Crippen LogP contribution in [0, 0.1) is 0 Å². The Morgan fingerprint density at radius 2 is 1.89 bits per heavy atom. The maximum atomic E-state index is 11.5. The minimum absolute atomic E-state index is 0.0520. The average molecular weight is 249 g/mol. The van der Waals surface area contributed by atoms with Crippen LogP contribution in [0.3, 0.4) is 0 Å². The van der Waals surface area contributed by atoms with Crippen LogP contribution in [-0.2, 0) is 22.7 Å². The first-order valence-electron chi connectivity index (χ1n) is 5.89. The van der Waals surface area contributed by atoms with Crippen molar-refractivity contribution in [2.45, 2.75) is 33.0 Å². The number of nitrogens with one attached hydrogen (secondary N) is 2. The van der Waals surface area contributed by atoms with Crippen LogP contribution in [-0.4, -0.2) is 17.9 Å². The van der Waals surface area contributed by atoms with Crippen LogP contribution in [0.5, 0.6) is 0 Å². The summed E-state index contributed by atoms with van der Waals surface area (Å²) in [5.74, 6) is -1.23. The lowest BCUT2D eigenvalue weighted by Crippen LogP contribution is -2.42. The monoisotopic (exact) mass is 249 g/mol. The zero-order valence-corrected chi connectivity index (χ0v) is 10.7. The van der Waals surface area contributed by atoms with E-state index in [0.29, 0.717) is 13.1 Å². The molecule has 4 N–H and O–H groups in total. The lowest BCUT2D eigenvalue weighted by Gasteiger charge is -2.09. The Balaban J connectivity index is 2.49. The topological polar surface area (TPSA) is 84.2 Å². The third-order valence-electron chi connectivity index (χ3n) is 2.31. The number of benzene rings is 1. The molecule has 0 bridgehead atoms. The van der Waals surface area contributed by atoms with E-state index in [4.69, 9.17) is 5.73 Å². The molecule has 0 saturated carbocycles. The van der Waals surface area contributed by atoms with E-state index >= 15 is 0 Å². The second-order valence-corrected chi connectivity index (χ2v) is 4.33. The molecule has 0 aliphatic heterocycles. The minimum Gasteiger partial charge on any atom is -0.346 e. The molecule has 1 aromatic rings. The van der Waals surface area contributed by atoms with Gasteiger partial charge in [0.05, 0.1) is 0 Å². The van der Waals surface area contributed by atoms with Crippen LogP contribution in [0.25, 0.3) is 0 Å². The highest BCUT2D eigenvalue weighted by molar-refractivity contribution is 6.35. The maximum absolute atomic E-state index is 11.5. The molecule has 5 heteroatoms. The average Bonchev–Trinajstić information content (AvgIpc) is 2.35. The lowest BCUT2D eigenvalue weighted by atomic mass is 10.1. The molecule has 1 rings (SSSR count). The third kappa shape index (κ3) is 4.55. The Hall–Kier alpha value is -1.88. The molecule has 0 unspecified atom stereocenters. The fourth-order valence-electron chi connectivity index (χ4n) is 1.46. The van der Waals surface area contributed by atoms with Gasteiger partial charge in [0, 0.05) is 19.1 Å². The maximum Gasteiger partial charge on any atom is 0.309 e. The largest absolute Gasteiger partial charge is 0.346 e. The summed E-state index contributed by atoms with van der Waals surface area (Å²) in [6.45, 7) is 4.37. The van der Waals surface area contributed by atoms with Gasteiger partial charge in [-0.15, -0.1) is 0 Å². The third-order valence-corrected chi connectivity index (χ3v) is 2.31. The van der Waals surface area contributed by atoms with E-state index in [9.17, 15) is 9.59 Å². The lowest BCUT2D eigenvalue weighted by molar-refractivity contribution is -0.139.